The summed E-state index contributed by atoms with van der Waals surface area (Å²) < 4.78 is 14.7. The fourth-order valence-corrected chi connectivity index (χ4v) is 8.34. The van der Waals surface area contributed by atoms with Crippen LogP contribution in [-0.4, -0.2) is 20.8 Å². The fraction of sp³-hybridized carbons (Fsp3) is 0.238. The highest BCUT2D eigenvalue weighted by Crippen LogP contribution is 2.48. The highest BCUT2D eigenvalue weighted by Gasteiger charge is 2.36. The molecule has 5 nitrogen and oxygen atoms in total. The molecule has 0 amide bonds. The van der Waals surface area contributed by atoms with Crippen molar-refractivity contribution in [2.24, 2.45) is 5.41 Å². The van der Waals surface area contributed by atoms with Gasteiger partial charge in [0.2, 0.25) is 0 Å². The van der Waals surface area contributed by atoms with Crippen molar-refractivity contribution in [1.29, 1.82) is 0 Å². The number of esters is 1. The Morgan fingerprint density at radius 1 is 0.880 bits per heavy atom. The van der Waals surface area contributed by atoms with Gasteiger partial charge in [-0.05, 0) is 79.4 Å². The Hall–Kier alpha value is -4.23. The van der Waals surface area contributed by atoms with E-state index in [1.54, 1.807) is 0 Å². The molecule has 1 aliphatic heterocycles. The topological polar surface area (TPSA) is 53.4 Å². The Morgan fingerprint density at radius 2 is 1.62 bits per heavy atom. The predicted molar refractivity (Wildman–Crippen MR) is 204 cm³/mol. The molecule has 1 unspecified atom stereocenters. The van der Waals surface area contributed by atoms with Crippen molar-refractivity contribution >= 4 is 51.8 Å². The number of halogens is 2. The summed E-state index contributed by atoms with van der Waals surface area (Å²) in [6, 6.07) is 34.0. The van der Waals surface area contributed by atoms with Gasteiger partial charge in [0.25, 0.3) is 0 Å². The molecular formula is C42H38Cl2N2O3S. The zero-order chi connectivity index (χ0) is 34.8. The second kappa shape index (κ2) is 14.6. The zero-order valence-corrected chi connectivity index (χ0v) is 30.6. The van der Waals surface area contributed by atoms with Gasteiger partial charge in [0.05, 0.1) is 16.6 Å². The van der Waals surface area contributed by atoms with Crippen LogP contribution >= 0.6 is 35.0 Å². The molecule has 50 heavy (non-hydrogen) atoms. The van der Waals surface area contributed by atoms with Crippen LogP contribution in [0.15, 0.2) is 114 Å². The van der Waals surface area contributed by atoms with Crippen molar-refractivity contribution in [1.82, 2.24) is 9.55 Å². The molecule has 4 aromatic carbocycles. The number of carbonyl (C=O) groups is 1. The van der Waals surface area contributed by atoms with E-state index >= 15 is 0 Å². The van der Waals surface area contributed by atoms with E-state index in [2.05, 4.69) is 47.9 Å². The van der Waals surface area contributed by atoms with E-state index in [-0.39, 0.29) is 12.6 Å². The number of carbonyl (C=O) groups excluding carboxylic acids is 1. The van der Waals surface area contributed by atoms with Gasteiger partial charge in [0.15, 0.2) is 0 Å². The lowest BCUT2D eigenvalue weighted by atomic mass is 9.87. The van der Waals surface area contributed by atoms with Gasteiger partial charge in [-0.2, -0.15) is 0 Å². The van der Waals surface area contributed by atoms with Crippen LogP contribution in [0.4, 0.5) is 0 Å². The molecule has 0 aliphatic carbocycles. The molecule has 0 radical (unpaired) electrons. The maximum Gasteiger partial charge on any atom is 0.312 e. The lowest BCUT2D eigenvalue weighted by Gasteiger charge is -2.26. The summed E-state index contributed by atoms with van der Waals surface area (Å²) in [6.45, 7) is 7.33. The Bertz CT molecular complexity index is 2160. The molecule has 2 aromatic heterocycles. The normalized spacial score (nSPS) is 14.1. The van der Waals surface area contributed by atoms with E-state index in [4.69, 9.17) is 37.7 Å². The molecule has 7 rings (SSSR count). The number of nitrogens with zero attached hydrogens (tertiary/aromatic N) is 2. The zero-order valence-electron chi connectivity index (χ0n) is 28.3. The van der Waals surface area contributed by atoms with E-state index < -0.39 is 5.41 Å². The van der Waals surface area contributed by atoms with E-state index in [1.165, 1.54) is 15.8 Å². The standard InChI is InChI=1S/C42H38Cl2N2O3S/c1-27-19-35-38(48-26-34-16-15-31(23-45-34)30-11-5-4-6-12-30)18-17-36-39(35)40(50-27)37(46(36)24-28-9-7-13-32(43)20-28)22-42(2,3)41(47)49-25-29-10-8-14-33(44)21-29/h4-18,20-21,23,27H,19,22,24-26H2,1-3H3. The average Bonchev–Trinajstić information content (AvgIpc) is 3.38. The van der Waals surface area contributed by atoms with E-state index in [0.29, 0.717) is 34.9 Å². The molecular weight excluding hydrogens is 683 g/mol. The Morgan fingerprint density at radius 3 is 2.34 bits per heavy atom. The summed E-state index contributed by atoms with van der Waals surface area (Å²) in [6.07, 6.45) is 3.28. The number of ether oxygens (including phenoxy) is 2. The number of benzene rings is 4. The summed E-state index contributed by atoms with van der Waals surface area (Å²) >= 11 is 14.5. The summed E-state index contributed by atoms with van der Waals surface area (Å²) in [5.41, 5.74) is 7.65. The van der Waals surface area contributed by atoms with Gasteiger partial charge in [-0.3, -0.25) is 9.78 Å². The molecule has 0 saturated carbocycles. The van der Waals surface area contributed by atoms with Crippen molar-refractivity contribution in [3.8, 4) is 16.9 Å². The molecule has 0 fully saturated rings. The first kappa shape index (κ1) is 34.2. The fourth-order valence-electron chi connectivity index (χ4n) is 6.60. The van der Waals surface area contributed by atoms with Gasteiger partial charge >= 0.3 is 5.97 Å². The van der Waals surface area contributed by atoms with Crippen molar-refractivity contribution in [2.45, 2.75) is 63.5 Å². The lowest BCUT2D eigenvalue weighted by Crippen LogP contribution is -2.30. The third-order valence-corrected chi connectivity index (χ3v) is 10.8. The highest BCUT2D eigenvalue weighted by molar-refractivity contribution is 8.00. The maximum absolute atomic E-state index is 13.7. The Labute approximate surface area is 307 Å². The van der Waals surface area contributed by atoms with Crippen LogP contribution in [0.2, 0.25) is 10.0 Å². The second-order valence-electron chi connectivity index (χ2n) is 13.5. The first-order valence-corrected chi connectivity index (χ1v) is 18.4. The smallest absolute Gasteiger partial charge is 0.312 e. The van der Waals surface area contributed by atoms with E-state index in [9.17, 15) is 4.79 Å². The van der Waals surface area contributed by atoms with Gasteiger partial charge in [-0.15, -0.1) is 11.8 Å². The summed E-state index contributed by atoms with van der Waals surface area (Å²) in [5, 5.41) is 2.82. The summed E-state index contributed by atoms with van der Waals surface area (Å²) in [7, 11) is 0. The summed E-state index contributed by atoms with van der Waals surface area (Å²) in [4.78, 5) is 19.6. The van der Waals surface area contributed by atoms with Crippen molar-refractivity contribution in [2.75, 3.05) is 0 Å². The molecule has 3 heterocycles. The summed E-state index contributed by atoms with van der Waals surface area (Å²) in [5.74, 6) is 0.611. The quantitative estimate of drug-likeness (QED) is 0.125. The number of aromatic nitrogens is 2. The molecule has 0 bridgehead atoms. The largest absolute Gasteiger partial charge is 0.487 e. The van der Waals surface area contributed by atoms with E-state index in [0.717, 1.165) is 51.3 Å². The van der Waals surface area contributed by atoms with Crippen molar-refractivity contribution in [3.63, 3.8) is 0 Å². The minimum atomic E-state index is -0.798. The Kier molecular flexibility index (Phi) is 9.96. The highest BCUT2D eigenvalue weighted by atomic mass is 35.5. The first-order valence-electron chi connectivity index (χ1n) is 16.8. The van der Waals surface area contributed by atoms with Crippen molar-refractivity contribution in [3.05, 3.63) is 147 Å². The molecule has 0 N–H and O–H groups in total. The number of pyridine rings is 1. The Balaban J connectivity index is 1.22. The molecule has 8 heteroatoms. The number of rotatable bonds is 11. The van der Waals surface area contributed by atoms with Gasteiger partial charge in [0, 0.05) is 61.6 Å². The van der Waals surface area contributed by atoms with Crippen LogP contribution in [0, 0.1) is 5.41 Å². The predicted octanol–water partition coefficient (Wildman–Crippen LogP) is 11.0. The van der Waals surface area contributed by atoms with Crippen LogP contribution in [0.1, 0.15) is 48.8 Å². The third kappa shape index (κ3) is 7.44. The number of hydrogen-bond donors (Lipinski definition) is 0. The maximum atomic E-state index is 13.7. The molecule has 1 aliphatic rings. The van der Waals surface area contributed by atoms with E-state index in [1.807, 2.05) is 98.5 Å². The third-order valence-electron chi connectivity index (χ3n) is 9.12. The molecule has 254 valence electrons. The van der Waals surface area contributed by atoms with Crippen molar-refractivity contribution < 1.29 is 14.3 Å². The number of hydrogen-bond acceptors (Lipinski definition) is 5. The molecule has 6 aromatic rings. The van der Waals surface area contributed by atoms with Gasteiger partial charge in [-0.1, -0.05) is 90.8 Å². The second-order valence-corrected chi connectivity index (χ2v) is 15.8. The van der Waals surface area contributed by atoms with Gasteiger partial charge in [0.1, 0.15) is 19.0 Å². The minimum Gasteiger partial charge on any atom is -0.487 e. The van der Waals surface area contributed by atoms with Crippen LogP contribution in [0.3, 0.4) is 0 Å². The van der Waals surface area contributed by atoms with Gasteiger partial charge in [-0.25, -0.2) is 0 Å². The first-order chi connectivity index (χ1) is 24.1. The van der Waals surface area contributed by atoms with Gasteiger partial charge < -0.3 is 14.0 Å². The minimum absolute atomic E-state index is 0.168. The SMILES string of the molecule is CC1Cc2c(OCc3ccc(-c4ccccc4)cn3)ccc3c2c(c(CC(C)(C)C(=O)OCc2cccc(Cl)c2)n3Cc2cccc(Cl)c2)S1. The average molecular weight is 722 g/mol. The van der Waals surface area contributed by atoms with Crippen LogP contribution < -0.4 is 4.74 Å². The molecule has 0 spiro atoms. The molecule has 0 saturated heterocycles. The number of thioether (sulfide) groups is 1. The lowest BCUT2D eigenvalue weighted by molar-refractivity contribution is -0.155. The van der Waals surface area contributed by atoms with Crippen LogP contribution in [0.25, 0.3) is 22.0 Å². The van der Waals surface area contributed by atoms with Crippen LogP contribution in [0.5, 0.6) is 5.75 Å². The molecule has 1 atom stereocenters. The monoisotopic (exact) mass is 720 g/mol. The van der Waals surface area contributed by atoms with Crippen LogP contribution in [-0.2, 0) is 42.1 Å².